The molecule has 0 saturated carbocycles. The average molecular weight is 239 g/mol. The molecule has 0 radical (unpaired) electrons. The van der Waals surface area contributed by atoms with Gasteiger partial charge in [-0.2, -0.15) is 5.10 Å². The highest BCUT2D eigenvalue weighted by molar-refractivity contribution is 5.75. The molecule has 1 amide bonds. The summed E-state index contributed by atoms with van der Waals surface area (Å²) in [7, 11) is 4.03. The van der Waals surface area contributed by atoms with Crippen molar-refractivity contribution in [1.29, 1.82) is 0 Å². The second-order valence-electron chi connectivity index (χ2n) is 4.50. The van der Waals surface area contributed by atoms with E-state index < -0.39 is 0 Å². The highest BCUT2D eigenvalue weighted by atomic mass is 16.2. The Kier molecular flexibility index (Phi) is 4.96. The fourth-order valence-electron chi connectivity index (χ4n) is 1.46. The van der Waals surface area contributed by atoms with Crippen LogP contribution in [0.15, 0.2) is 12.3 Å². The van der Waals surface area contributed by atoms with Gasteiger partial charge in [-0.05, 0) is 40.1 Å². The maximum absolute atomic E-state index is 11.7. The van der Waals surface area contributed by atoms with Gasteiger partial charge in [0.25, 0.3) is 0 Å². The number of carbonyl (C=O) groups excluding carboxylic acids is 1. The topological polar surface area (TPSA) is 76.2 Å². The third-order valence-electron chi connectivity index (χ3n) is 2.38. The summed E-state index contributed by atoms with van der Waals surface area (Å²) in [4.78, 5) is 13.7. The van der Waals surface area contributed by atoms with Crippen molar-refractivity contribution in [3.63, 3.8) is 0 Å². The Labute approximate surface area is 102 Å². The summed E-state index contributed by atoms with van der Waals surface area (Å²) < 4.78 is 1.53. The summed E-state index contributed by atoms with van der Waals surface area (Å²) in [5.74, 6) is 0.387. The molecular formula is C11H21N5O. The fourth-order valence-corrected chi connectivity index (χ4v) is 1.46. The average Bonchev–Trinajstić information content (AvgIpc) is 2.60. The number of carbonyl (C=O) groups is 1. The second-order valence-corrected chi connectivity index (χ2v) is 4.50. The van der Waals surface area contributed by atoms with Gasteiger partial charge in [0.2, 0.25) is 5.91 Å². The Morgan fingerprint density at radius 2 is 2.35 bits per heavy atom. The van der Waals surface area contributed by atoms with E-state index in [-0.39, 0.29) is 18.5 Å². The molecule has 0 bridgehead atoms. The van der Waals surface area contributed by atoms with E-state index >= 15 is 0 Å². The first-order valence-electron chi connectivity index (χ1n) is 5.70. The molecule has 0 fully saturated rings. The lowest BCUT2D eigenvalue weighted by atomic mass is 10.2. The summed E-state index contributed by atoms with van der Waals surface area (Å²) in [6, 6.07) is 1.83. The third kappa shape index (κ3) is 5.35. The number of nitrogens with one attached hydrogen (secondary N) is 1. The lowest BCUT2D eigenvalue weighted by Gasteiger charge is -2.16. The van der Waals surface area contributed by atoms with Crippen molar-refractivity contribution >= 4 is 11.7 Å². The predicted octanol–water partition coefficient (Wildman–Crippen LogP) is -0.0783. The van der Waals surface area contributed by atoms with Crippen molar-refractivity contribution < 1.29 is 4.79 Å². The van der Waals surface area contributed by atoms with Crippen LogP contribution >= 0.6 is 0 Å². The van der Waals surface area contributed by atoms with Crippen LogP contribution in [0, 0.1) is 0 Å². The molecule has 0 aliphatic heterocycles. The van der Waals surface area contributed by atoms with Gasteiger partial charge in [0.05, 0.1) is 0 Å². The highest BCUT2D eigenvalue weighted by Gasteiger charge is 2.08. The van der Waals surface area contributed by atoms with Crippen LogP contribution in [0.25, 0.3) is 0 Å². The molecule has 3 N–H and O–H groups in total. The molecule has 0 aliphatic rings. The Bertz CT molecular complexity index is 360. The second kappa shape index (κ2) is 6.24. The number of anilines is 1. The molecule has 1 aromatic rings. The predicted molar refractivity (Wildman–Crippen MR) is 67.4 cm³/mol. The van der Waals surface area contributed by atoms with Crippen LogP contribution in [0.5, 0.6) is 0 Å². The van der Waals surface area contributed by atoms with Gasteiger partial charge in [0.15, 0.2) is 0 Å². The first kappa shape index (κ1) is 13.5. The molecule has 1 aromatic heterocycles. The molecule has 17 heavy (non-hydrogen) atoms. The van der Waals surface area contributed by atoms with Crippen LogP contribution < -0.4 is 11.1 Å². The van der Waals surface area contributed by atoms with Crippen molar-refractivity contribution in [2.75, 3.05) is 26.4 Å². The fraction of sp³-hybridized carbons (Fsp3) is 0.636. The summed E-state index contributed by atoms with van der Waals surface area (Å²) >= 11 is 0. The van der Waals surface area contributed by atoms with Gasteiger partial charge in [0, 0.05) is 12.2 Å². The van der Waals surface area contributed by atoms with Gasteiger partial charge < -0.3 is 16.0 Å². The third-order valence-corrected chi connectivity index (χ3v) is 2.38. The summed E-state index contributed by atoms with van der Waals surface area (Å²) in [6.07, 6.45) is 2.62. The van der Waals surface area contributed by atoms with Gasteiger partial charge in [-0.25, -0.2) is 0 Å². The number of hydrogen-bond acceptors (Lipinski definition) is 4. The molecule has 1 unspecified atom stereocenters. The molecule has 1 rings (SSSR count). The Balaban J connectivity index is 2.29. The zero-order valence-corrected chi connectivity index (χ0v) is 10.7. The highest BCUT2D eigenvalue weighted by Crippen LogP contribution is 1.96. The van der Waals surface area contributed by atoms with Crippen LogP contribution in [0.1, 0.15) is 13.3 Å². The SMILES string of the molecule is CC(CCN(C)C)NC(=O)Cn1ccc(N)n1. The lowest BCUT2D eigenvalue weighted by molar-refractivity contribution is -0.122. The zero-order chi connectivity index (χ0) is 12.8. The molecule has 6 nitrogen and oxygen atoms in total. The van der Waals surface area contributed by atoms with E-state index in [4.69, 9.17) is 5.73 Å². The van der Waals surface area contributed by atoms with Crippen molar-refractivity contribution in [1.82, 2.24) is 20.0 Å². The van der Waals surface area contributed by atoms with Crippen LogP contribution in [0.3, 0.4) is 0 Å². The summed E-state index contributed by atoms with van der Waals surface area (Å²) in [5.41, 5.74) is 5.47. The van der Waals surface area contributed by atoms with E-state index in [0.717, 1.165) is 13.0 Å². The van der Waals surface area contributed by atoms with Crippen molar-refractivity contribution in [2.45, 2.75) is 25.9 Å². The maximum Gasteiger partial charge on any atom is 0.241 e. The van der Waals surface area contributed by atoms with E-state index in [2.05, 4.69) is 15.3 Å². The quantitative estimate of drug-likeness (QED) is 0.728. The number of aromatic nitrogens is 2. The number of nitrogen functional groups attached to an aromatic ring is 1. The molecule has 0 aliphatic carbocycles. The molecule has 6 heteroatoms. The molecule has 1 heterocycles. The number of nitrogens with two attached hydrogens (primary N) is 1. The van der Waals surface area contributed by atoms with Gasteiger partial charge in [-0.1, -0.05) is 0 Å². The van der Waals surface area contributed by atoms with E-state index in [9.17, 15) is 4.79 Å². The Hall–Kier alpha value is -1.56. The van der Waals surface area contributed by atoms with Crippen molar-refractivity contribution in [3.8, 4) is 0 Å². The Morgan fingerprint density at radius 3 is 2.88 bits per heavy atom. The van der Waals surface area contributed by atoms with Gasteiger partial charge in [-0.3, -0.25) is 9.48 Å². The molecular weight excluding hydrogens is 218 g/mol. The van der Waals surface area contributed by atoms with Crippen LogP contribution in [-0.4, -0.2) is 47.3 Å². The number of nitrogens with zero attached hydrogens (tertiary/aromatic N) is 3. The monoisotopic (exact) mass is 239 g/mol. The standard InChI is InChI=1S/C11H21N5O/c1-9(4-6-15(2)3)13-11(17)8-16-7-5-10(12)14-16/h5,7,9H,4,6,8H2,1-3H3,(H2,12,14)(H,13,17). The van der Waals surface area contributed by atoms with Gasteiger partial charge in [0.1, 0.15) is 12.4 Å². The van der Waals surface area contributed by atoms with Crippen LogP contribution in [0.4, 0.5) is 5.82 Å². The Morgan fingerprint density at radius 1 is 1.65 bits per heavy atom. The molecule has 96 valence electrons. The normalized spacial score (nSPS) is 12.7. The van der Waals surface area contributed by atoms with Crippen molar-refractivity contribution in [2.24, 2.45) is 0 Å². The molecule has 1 atom stereocenters. The number of hydrogen-bond donors (Lipinski definition) is 2. The summed E-state index contributed by atoms with van der Waals surface area (Å²) in [6.45, 7) is 3.17. The largest absolute Gasteiger partial charge is 0.382 e. The zero-order valence-electron chi connectivity index (χ0n) is 10.7. The molecule has 0 aromatic carbocycles. The van der Waals surface area contributed by atoms with Crippen molar-refractivity contribution in [3.05, 3.63) is 12.3 Å². The minimum Gasteiger partial charge on any atom is -0.382 e. The van der Waals surface area contributed by atoms with E-state index in [0.29, 0.717) is 5.82 Å². The first-order chi connectivity index (χ1) is 7.97. The summed E-state index contributed by atoms with van der Waals surface area (Å²) in [5, 5.41) is 6.88. The van der Waals surface area contributed by atoms with Gasteiger partial charge in [-0.15, -0.1) is 0 Å². The van der Waals surface area contributed by atoms with E-state index in [1.807, 2.05) is 21.0 Å². The lowest BCUT2D eigenvalue weighted by Crippen LogP contribution is -2.36. The van der Waals surface area contributed by atoms with Crippen LogP contribution in [0.2, 0.25) is 0 Å². The molecule has 0 saturated heterocycles. The smallest absolute Gasteiger partial charge is 0.241 e. The minimum absolute atomic E-state index is 0.0423. The first-order valence-corrected chi connectivity index (χ1v) is 5.70. The van der Waals surface area contributed by atoms with E-state index in [1.165, 1.54) is 4.68 Å². The molecule has 0 spiro atoms. The minimum atomic E-state index is -0.0423. The number of rotatable bonds is 6. The van der Waals surface area contributed by atoms with E-state index in [1.54, 1.807) is 12.3 Å². The van der Waals surface area contributed by atoms with Gasteiger partial charge >= 0.3 is 0 Å². The maximum atomic E-state index is 11.7. The van der Waals surface area contributed by atoms with Crippen LogP contribution in [-0.2, 0) is 11.3 Å². The number of amides is 1.